The van der Waals surface area contributed by atoms with Crippen LogP contribution in [0, 0.1) is 13.8 Å². The number of carbonyl (C=O) groups is 2. The highest BCUT2D eigenvalue weighted by Gasteiger charge is 2.33. The van der Waals surface area contributed by atoms with Gasteiger partial charge in [-0.15, -0.1) is 0 Å². The Hall–Kier alpha value is -2.71. The van der Waals surface area contributed by atoms with Gasteiger partial charge in [0.25, 0.3) is 0 Å². The van der Waals surface area contributed by atoms with Gasteiger partial charge < -0.3 is 10.6 Å². The Balaban J connectivity index is 1.56. The minimum absolute atomic E-state index is 0.207. The number of amides is 2. The quantitative estimate of drug-likeness (QED) is 0.671. The van der Waals surface area contributed by atoms with E-state index in [0.29, 0.717) is 18.7 Å². The van der Waals surface area contributed by atoms with Crippen LogP contribution in [0.3, 0.4) is 0 Å². The fourth-order valence-electron chi connectivity index (χ4n) is 3.97. The number of nitrogens with one attached hydrogen (secondary N) is 2. The molecule has 0 saturated carbocycles. The normalized spacial score (nSPS) is 17.2. The second-order valence-electron chi connectivity index (χ2n) is 7.95. The van der Waals surface area contributed by atoms with Gasteiger partial charge in [-0.05, 0) is 68.5 Å². The monoisotopic (exact) mass is 443 g/mol. The van der Waals surface area contributed by atoms with Crippen LogP contribution in [-0.4, -0.2) is 43.7 Å². The maximum Gasteiger partial charge on any atom is 0.313 e. The number of rotatable bonds is 6. The van der Waals surface area contributed by atoms with Gasteiger partial charge in [-0.3, -0.25) is 9.59 Å². The van der Waals surface area contributed by atoms with Gasteiger partial charge in [-0.25, -0.2) is 8.42 Å². The smallest absolute Gasteiger partial charge is 0.313 e. The van der Waals surface area contributed by atoms with E-state index >= 15 is 0 Å². The van der Waals surface area contributed by atoms with Gasteiger partial charge >= 0.3 is 11.8 Å². The van der Waals surface area contributed by atoms with Gasteiger partial charge in [0.15, 0.2) is 0 Å². The lowest BCUT2D eigenvalue weighted by Crippen LogP contribution is -2.45. The SMILES string of the molecule is Cc1cc(C)cc(NC(=O)C(=O)NCC[C@H]2CCCCN2S(=O)(=O)c2ccccc2)c1. The fourth-order valence-corrected chi connectivity index (χ4v) is 5.72. The molecule has 31 heavy (non-hydrogen) atoms. The van der Waals surface area contributed by atoms with E-state index in [0.717, 1.165) is 30.4 Å². The number of benzene rings is 2. The minimum Gasteiger partial charge on any atom is -0.348 e. The van der Waals surface area contributed by atoms with Gasteiger partial charge in [0.05, 0.1) is 4.90 Å². The van der Waals surface area contributed by atoms with E-state index in [4.69, 9.17) is 0 Å². The number of anilines is 1. The molecule has 1 saturated heterocycles. The summed E-state index contributed by atoms with van der Waals surface area (Å²) in [5.74, 6) is -1.46. The first-order valence-corrected chi connectivity index (χ1v) is 12.0. The van der Waals surface area contributed by atoms with Crippen LogP contribution in [-0.2, 0) is 19.6 Å². The first-order valence-electron chi connectivity index (χ1n) is 10.5. The van der Waals surface area contributed by atoms with Crippen molar-refractivity contribution in [3.63, 3.8) is 0 Å². The van der Waals surface area contributed by atoms with Gasteiger partial charge in [0.2, 0.25) is 10.0 Å². The van der Waals surface area contributed by atoms with Crippen LogP contribution in [0.2, 0.25) is 0 Å². The zero-order chi connectivity index (χ0) is 22.4. The molecule has 2 aromatic rings. The Bertz CT molecular complexity index is 1020. The van der Waals surface area contributed by atoms with Crippen molar-refractivity contribution < 1.29 is 18.0 Å². The largest absolute Gasteiger partial charge is 0.348 e. The number of aryl methyl sites for hydroxylation is 2. The van der Waals surface area contributed by atoms with Crippen LogP contribution in [0.4, 0.5) is 5.69 Å². The van der Waals surface area contributed by atoms with E-state index in [9.17, 15) is 18.0 Å². The summed E-state index contributed by atoms with van der Waals surface area (Å²) < 4.78 is 27.6. The average molecular weight is 444 g/mol. The molecule has 2 amide bonds. The molecule has 0 aliphatic carbocycles. The molecule has 8 heteroatoms. The van der Waals surface area contributed by atoms with E-state index in [-0.39, 0.29) is 17.5 Å². The molecular formula is C23H29N3O4S. The van der Waals surface area contributed by atoms with Crippen molar-refractivity contribution in [1.29, 1.82) is 0 Å². The van der Waals surface area contributed by atoms with Crippen LogP contribution in [0.25, 0.3) is 0 Å². The second kappa shape index (κ2) is 10.1. The molecule has 1 fully saturated rings. The summed E-state index contributed by atoms with van der Waals surface area (Å²) in [5.41, 5.74) is 2.56. The predicted molar refractivity (Wildman–Crippen MR) is 120 cm³/mol. The van der Waals surface area contributed by atoms with E-state index < -0.39 is 21.8 Å². The molecule has 1 aliphatic heterocycles. The topological polar surface area (TPSA) is 95.6 Å². The van der Waals surface area contributed by atoms with E-state index in [1.807, 2.05) is 19.9 Å². The summed E-state index contributed by atoms with van der Waals surface area (Å²) in [6, 6.07) is 13.8. The molecule has 0 unspecified atom stereocenters. The molecule has 0 spiro atoms. The number of piperidine rings is 1. The van der Waals surface area contributed by atoms with Crippen LogP contribution in [0.15, 0.2) is 53.4 Å². The number of hydrogen-bond acceptors (Lipinski definition) is 4. The maximum atomic E-state index is 13.0. The zero-order valence-electron chi connectivity index (χ0n) is 17.9. The Labute approximate surface area is 183 Å². The van der Waals surface area contributed by atoms with E-state index in [1.165, 1.54) is 4.31 Å². The first-order chi connectivity index (χ1) is 14.8. The Morgan fingerprint density at radius 2 is 1.68 bits per heavy atom. The molecule has 2 N–H and O–H groups in total. The molecule has 2 aromatic carbocycles. The highest BCUT2D eigenvalue weighted by Crippen LogP contribution is 2.26. The van der Waals surface area contributed by atoms with Crippen molar-refractivity contribution in [3.05, 3.63) is 59.7 Å². The maximum absolute atomic E-state index is 13.0. The lowest BCUT2D eigenvalue weighted by molar-refractivity contribution is -0.136. The summed E-state index contributed by atoms with van der Waals surface area (Å²) in [4.78, 5) is 24.7. The van der Waals surface area contributed by atoms with Gasteiger partial charge in [-0.2, -0.15) is 4.31 Å². The average Bonchev–Trinajstić information content (AvgIpc) is 2.73. The van der Waals surface area contributed by atoms with Crippen molar-refractivity contribution in [1.82, 2.24) is 9.62 Å². The Morgan fingerprint density at radius 1 is 1.00 bits per heavy atom. The highest BCUT2D eigenvalue weighted by atomic mass is 32.2. The highest BCUT2D eigenvalue weighted by molar-refractivity contribution is 7.89. The molecule has 0 radical (unpaired) electrons. The Kier molecular flexibility index (Phi) is 7.46. The molecule has 166 valence electrons. The number of sulfonamides is 1. The standard InChI is InChI=1S/C23H29N3O4S/c1-17-14-18(2)16-19(15-17)25-23(28)22(27)24-12-11-20-8-6-7-13-26(20)31(29,30)21-9-4-3-5-10-21/h3-5,9-10,14-16,20H,6-8,11-13H2,1-2H3,(H,24,27)(H,25,28)/t20-/m1/s1. The zero-order valence-corrected chi connectivity index (χ0v) is 18.7. The second-order valence-corrected chi connectivity index (χ2v) is 9.84. The molecule has 1 heterocycles. The summed E-state index contributed by atoms with van der Waals surface area (Å²) >= 11 is 0. The third-order valence-corrected chi connectivity index (χ3v) is 7.34. The number of nitrogens with zero attached hydrogens (tertiary/aromatic N) is 1. The number of hydrogen-bond donors (Lipinski definition) is 2. The van der Waals surface area contributed by atoms with Gasteiger partial charge in [0.1, 0.15) is 0 Å². The lowest BCUT2D eigenvalue weighted by Gasteiger charge is -2.34. The lowest BCUT2D eigenvalue weighted by atomic mass is 10.0. The van der Waals surface area contributed by atoms with Crippen molar-refractivity contribution in [2.45, 2.75) is 50.5 Å². The van der Waals surface area contributed by atoms with E-state index in [1.54, 1.807) is 42.5 Å². The third kappa shape index (κ3) is 5.92. The van der Waals surface area contributed by atoms with Crippen molar-refractivity contribution >= 4 is 27.5 Å². The molecule has 1 atom stereocenters. The van der Waals surface area contributed by atoms with Crippen molar-refractivity contribution in [3.8, 4) is 0 Å². The Morgan fingerprint density at radius 3 is 2.35 bits per heavy atom. The molecule has 0 aromatic heterocycles. The minimum atomic E-state index is -3.59. The van der Waals surface area contributed by atoms with Crippen LogP contribution >= 0.6 is 0 Å². The molecule has 0 bridgehead atoms. The van der Waals surface area contributed by atoms with Crippen molar-refractivity contribution in [2.24, 2.45) is 0 Å². The summed E-state index contributed by atoms with van der Waals surface area (Å²) in [6.45, 7) is 4.53. The predicted octanol–water partition coefficient (Wildman–Crippen LogP) is 2.99. The van der Waals surface area contributed by atoms with Crippen LogP contribution in [0.5, 0.6) is 0 Å². The van der Waals surface area contributed by atoms with Gasteiger partial charge in [0, 0.05) is 24.8 Å². The third-order valence-electron chi connectivity index (χ3n) is 5.37. The summed E-state index contributed by atoms with van der Waals surface area (Å²) in [6.07, 6.45) is 2.94. The van der Waals surface area contributed by atoms with Crippen LogP contribution < -0.4 is 10.6 Å². The number of carbonyl (C=O) groups excluding carboxylic acids is 2. The van der Waals surface area contributed by atoms with Gasteiger partial charge in [-0.1, -0.05) is 30.7 Å². The molecule has 1 aliphatic rings. The van der Waals surface area contributed by atoms with Crippen LogP contribution in [0.1, 0.15) is 36.8 Å². The summed E-state index contributed by atoms with van der Waals surface area (Å²) in [5, 5.41) is 5.23. The molecule has 7 nitrogen and oxygen atoms in total. The molecule has 3 rings (SSSR count). The summed E-state index contributed by atoms with van der Waals surface area (Å²) in [7, 11) is -3.59. The van der Waals surface area contributed by atoms with E-state index in [2.05, 4.69) is 10.6 Å². The first kappa shape index (κ1) is 23.0. The molecular weight excluding hydrogens is 414 g/mol. The fraction of sp³-hybridized carbons (Fsp3) is 0.391. The van der Waals surface area contributed by atoms with Crippen molar-refractivity contribution in [2.75, 3.05) is 18.4 Å².